The molecule has 2 unspecified atom stereocenters. The van der Waals surface area contributed by atoms with Crippen LogP contribution >= 0.6 is 0 Å². The van der Waals surface area contributed by atoms with E-state index in [-0.39, 0.29) is 44.1 Å². The van der Waals surface area contributed by atoms with Crippen LogP contribution in [0.2, 0.25) is 0 Å². The molecule has 11 heteroatoms. The number of hydrazine groups is 1. The summed E-state index contributed by atoms with van der Waals surface area (Å²) in [6, 6.07) is 16.3. The Kier molecular flexibility index (Phi) is 8.93. The lowest BCUT2D eigenvalue weighted by Crippen LogP contribution is -2.64. The number of cyclic esters (lactones) is 1. The van der Waals surface area contributed by atoms with Crippen molar-refractivity contribution in [2.45, 2.75) is 76.0 Å². The number of nitrogens with one attached hydrogen (secondary N) is 2. The molecular weight excluding hydrogens is 528 g/mol. The highest BCUT2D eigenvalue weighted by molar-refractivity contribution is 5.95. The maximum Gasteiger partial charge on any atom is 0.310 e. The molecule has 3 aliphatic rings. The quantitative estimate of drug-likeness (QED) is 0.444. The number of aryl methyl sites for hydroxylation is 1. The summed E-state index contributed by atoms with van der Waals surface area (Å²) in [5.41, 5.74) is 1.89. The SMILES string of the molecule is O=C(CCc1ccccc1)N[C@H]1CCC(=O)N2CCC[C@@H](C(=O)NC3CC(=O)OC3OCc3ccccc3)N2C1=O. The molecule has 0 aliphatic carbocycles. The molecule has 3 aliphatic heterocycles. The summed E-state index contributed by atoms with van der Waals surface area (Å²) < 4.78 is 11.1. The average Bonchev–Trinajstić information content (AvgIpc) is 3.29. The second-order valence-electron chi connectivity index (χ2n) is 10.5. The summed E-state index contributed by atoms with van der Waals surface area (Å²) in [5, 5.41) is 8.13. The zero-order valence-corrected chi connectivity index (χ0v) is 22.7. The molecule has 2 aromatic rings. The fourth-order valence-corrected chi connectivity index (χ4v) is 5.41. The second-order valence-corrected chi connectivity index (χ2v) is 10.5. The largest absolute Gasteiger partial charge is 0.433 e. The van der Waals surface area contributed by atoms with Crippen LogP contribution in [0.25, 0.3) is 0 Å². The highest BCUT2D eigenvalue weighted by Crippen LogP contribution is 2.26. The highest BCUT2D eigenvalue weighted by atomic mass is 16.7. The lowest BCUT2D eigenvalue weighted by Gasteiger charge is -2.43. The van der Waals surface area contributed by atoms with Crippen molar-refractivity contribution >= 4 is 29.6 Å². The fraction of sp³-hybridized carbons (Fsp3) is 0.433. The number of nitrogens with zero attached hydrogens (tertiary/aromatic N) is 2. The van der Waals surface area contributed by atoms with Crippen LogP contribution in [0, 0.1) is 0 Å². The zero-order valence-electron chi connectivity index (χ0n) is 22.7. The van der Waals surface area contributed by atoms with E-state index < -0.39 is 42.2 Å². The number of rotatable bonds is 9. The Morgan fingerprint density at radius 2 is 1.63 bits per heavy atom. The fourth-order valence-electron chi connectivity index (χ4n) is 5.41. The molecule has 11 nitrogen and oxygen atoms in total. The Morgan fingerprint density at radius 1 is 0.927 bits per heavy atom. The summed E-state index contributed by atoms with van der Waals surface area (Å²) in [7, 11) is 0. The lowest BCUT2D eigenvalue weighted by atomic mass is 10.0. The van der Waals surface area contributed by atoms with Gasteiger partial charge in [0.25, 0.3) is 5.91 Å². The van der Waals surface area contributed by atoms with E-state index in [9.17, 15) is 24.0 Å². The predicted octanol–water partition coefficient (Wildman–Crippen LogP) is 1.61. The predicted molar refractivity (Wildman–Crippen MR) is 145 cm³/mol. The van der Waals surface area contributed by atoms with Crippen molar-refractivity contribution < 1.29 is 33.4 Å². The monoisotopic (exact) mass is 562 g/mol. The Morgan fingerprint density at radius 3 is 2.37 bits per heavy atom. The van der Waals surface area contributed by atoms with Gasteiger partial charge in [0.1, 0.15) is 18.1 Å². The smallest absolute Gasteiger partial charge is 0.310 e. The van der Waals surface area contributed by atoms with Gasteiger partial charge in [-0.2, -0.15) is 0 Å². The van der Waals surface area contributed by atoms with E-state index in [0.717, 1.165) is 11.1 Å². The van der Waals surface area contributed by atoms with Crippen LogP contribution in [0.15, 0.2) is 60.7 Å². The van der Waals surface area contributed by atoms with Crippen LogP contribution in [0.3, 0.4) is 0 Å². The molecule has 0 spiro atoms. The van der Waals surface area contributed by atoms with E-state index >= 15 is 0 Å². The van der Waals surface area contributed by atoms with Gasteiger partial charge in [-0.05, 0) is 36.8 Å². The minimum absolute atomic E-state index is 0.0700. The van der Waals surface area contributed by atoms with Gasteiger partial charge in [-0.3, -0.25) is 29.0 Å². The van der Waals surface area contributed by atoms with Crippen molar-refractivity contribution in [3.8, 4) is 0 Å². The first kappa shape index (κ1) is 28.3. The first-order chi connectivity index (χ1) is 19.9. The van der Waals surface area contributed by atoms with E-state index in [1.807, 2.05) is 60.7 Å². The molecule has 41 heavy (non-hydrogen) atoms. The molecule has 3 heterocycles. The average molecular weight is 563 g/mol. The molecule has 3 saturated heterocycles. The molecule has 4 atom stereocenters. The van der Waals surface area contributed by atoms with Gasteiger partial charge < -0.3 is 20.1 Å². The number of benzene rings is 2. The molecule has 0 saturated carbocycles. The standard InChI is InChI=1S/C30H34N4O7/c35-25(15-13-20-8-3-1-4-9-20)31-22-14-16-26(36)33-17-7-12-24(34(33)29(22)39)28(38)32-23-18-27(37)41-30(23)40-19-21-10-5-2-6-11-21/h1-6,8-11,22-24,30H,7,12-19H2,(H,31,35)(H,32,38)/t22-,23?,24-,30?/m0/s1. The number of carbonyl (C=O) groups excluding carboxylic acids is 5. The van der Waals surface area contributed by atoms with Crippen LogP contribution in [-0.4, -0.2) is 70.6 Å². The van der Waals surface area contributed by atoms with Gasteiger partial charge in [-0.15, -0.1) is 0 Å². The topological polar surface area (TPSA) is 134 Å². The zero-order chi connectivity index (χ0) is 28.8. The van der Waals surface area contributed by atoms with Gasteiger partial charge in [0.2, 0.25) is 24.0 Å². The first-order valence-electron chi connectivity index (χ1n) is 14.0. The minimum Gasteiger partial charge on any atom is -0.433 e. The molecule has 5 rings (SSSR count). The third-order valence-electron chi connectivity index (χ3n) is 7.53. The van der Waals surface area contributed by atoms with Crippen molar-refractivity contribution in [1.29, 1.82) is 0 Å². The molecule has 2 N–H and O–H groups in total. The van der Waals surface area contributed by atoms with Crippen molar-refractivity contribution in [1.82, 2.24) is 20.7 Å². The molecule has 0 bridgehead atoms. The maximum atomic E-state index is 13.7. The molecular formula is C30H34N4O7. The summed E-state index contributed by atoms with van der Waals surface area (Å²) in [6.07, 6.45) is 0.719. The van der Waals surface area contributed by atoms with E-state index in [4.69, 9.17) is 9.47 Å². The van der Waals surface area contributed by atoms with E-state index in [2.05, 4.69) is 10.6 Å². The van der Waals surface area contributed by atoms with Crippen LogP contribution in [0.4, 0.5) is 0 Å². The van der Waals surface area contributed by atoms with Crippen LogP contribution < -0.4 is 10.6 Å². The van der Waals surface area contributed by atoms with Gasteiger partial charge in [-0.25, -0.2) is 5.01 Å². The van der Waals surface area contributed by atoms with E-state index in [1.54, 1.807) is 0 Å². The van der Waals surface area contributed by atoms with Crippen molar-refractivity contribution in [2.24, 2.45) is 0 Å². The Hall–Kier alpha value is -4.25. The number of hydrogen-bond acceptors (Lipinski definition) is 7. The second kappa shape index (κ2) is 12.9. The van der Waals surface area contributed by atoms with Crippen LogP contribution in [0.5, 0.6) is 0 Å². The third kappa shape index (κ3) is 6.91. The molecule has 3 fully saturated rings. The number of amides is 4. The Balaban J connectivity index is 1.24. The third-order valence-corrected chi connectivity index (χ3v) is 7.53. The van der Waals surface area contributed by atoms with Gasteiger partial charge in [0.05, 0.1) is 13.0 Å². The van der Waals surface area contributed by atoms with Crippen molar-refractivity contribution in [3.05, 3.63) is 71.8 Å². The summed E-state index contributed by atoms with van der Waals surface area (Å²) in [6.45, 7) is 0.490. The van der Waals surface area contributed by atoms with E-state index in [1.165, 1.54) is 10.0 Å². The van der Waals surface area contributed by atoms with Gasteiger partial charge >= 0.3 is 5.97 Å². The number of hydrogen-bond donors (Lipinski definition) is 2. The minimum atomic E-state index is -0.982. The number of esters is 1. The highest BCUT2D eigenvalue weighted by Gasteiger charge is 2.46. The van der Waals surface area contributed by atoms with Gasteiger partial charge in [0.15, 0.2) is 0 Å². The molecule has 4 amide bonds. The van der Waals surface area contributed by atoms with E-state index in [0.29, 0.717) is 25.8 Å². The first-order valence-corrected chi connectivity index (χ1v) is 14.0. The van der Waals surface area contributed by atoms with Gasteiger partial charge in [0, 0.05) is 19.4 Å². The molecule has 2 aromatic carbocycles. The number of fused-ring (bicyclic) bond motifs is 1. The normalized spacial score (nSPS) is 24.3. The molecule has 0 aromatic heterocycles. The Bertz CT molecular complexity index is 1270. The number of carbonyl (C=O) groups is 5. The summed E-state index contributed by atoms with van der Waals surface area (Å²) >= 11 is 0. The van der Waals surface area contributed by atoms with Crippen molar-refractivity contribution in [2.75, 3.05) is 6.54 Å². The molecule has 0 radical (unpaired) electrons. The van der Waals surface area contributed by atoms with Crippen LogP contribution in [0.1, 0.15) is 49.7 Å². The van der Waals surface area contributed by atoms with Crippen LogP contribution in [-0.2, 0) is 46.5 Å². The summed E-state index contributed by atoms with van der Waals surface area (Å²) in [5.74, 6) is -2.09. The summed E-state index contributed by atoms with van der Waals surface area (Å²) in [4.78, 5) is 65.0. The maximum absolute atomic E-state index is 13.7. The Labute approximate surface area is 238 Å². The molecule has 216 valence electrons. The number of ether oxygens (including phenoxy) is 2. The van der Waals surface area contributed by atoms with Gasteiger partial charge in [-0.1, -0.05) is 60.7 Å². The van der Waals surface area contributed by atoms with Crippen molar-refractivity contribution in [3.63, 3.8) is 0 Å². The lowest BCUT2D eigenvalue weighted by molar-refractivity contribution is -0.178.